The van der Waals surface area contributed by atoms with Gasteiger partial charge in [-0.05, 0) is 26.0 Å². The molecule has 2 aromatic heterocycles. The van der Waals surface area contributed by atoms with E-state index < -0.39 is 0 Å². The predicted molar refractivity (Wildman–Crippen MR) is 122 cm³/mol. The van der Waals surface area contributed by atoms with Crippen LogP contribution in [0.1, 0.15) is 24.0 Å². The number of guanidine groups is 1. The highest BCUT2D eigenvalue weighted by Crippen LogP contribution is 2.13. The highest BCUT2D eigenvalue weighted by molar-refractivity contribution is 7.09. The predicted octanol–water partition coefficient (Wildman–Crippen LogP) is 1.98. The molecule has 0 saturated carbocycles. The largest absolute Gasteiger partial charge is 0.357 e. The maximum absolute atomic E-state index is 12.6. The molecule has 0 spiro atoms. The number of hydrogen-bond acceptors (Lipinski definition) is 6. The van der Waals surface area contributed by atoms with Crippen molar-refractivity contribution in [3.8, 4) is 0 Å². The first kappa shape index (κ1) is 22.0. The average molecular weight is 430 g/mol. The first-order valence-electron chi connectivity index (χ1n) is 10.4. The van der Waals surface area contributed by atoms with Crippen LogP contribution >= 0.6 is 11.3 Å². The van der Waals surface area contributed by atoms with Crippen LogP contribution in [0.3, 0.4) is 0 Å². The fourth-order valence-corrected chi connectivity index (χ4v) is 4.01. The SMILES string of the molecule is CCNC(=NCCC(=O)N1CCN(c2ccccn2)CC1)N(C)Cc1csc(C)n1. The zero-order valence-electron chi connectivity index (χ0n) is 18.0. The molecule has 162 valence electrons. The highest BCUT2D eigenvalue weighted by Gasteiger charge is 2.21. The number of aromatic nitrogens is 2. The Morgan fingerprint density at radius 3 is 2.73 bits per heavy atom. The van der Waals surface area contributed by atoms with Crippen molar-refractivity contribution in [2.75, 3.05) is 51.2 Å². The Morgan fingerprint density at radius 2 is 2.10 bits per heavy atom. The van der Waals surface area contributed by atoms with Crippen molar-refractivity contribution in [3.63, 3.8) is 0 Å². The lowest BCUT2D eigenvalue weighted by Crippen LogP contribution is -2.49. The Hall–Kier alpha value is -2.68. The molecular weight excluding hydrogens is 398 g/mol. The van der Waals surface area contributed by atoms with E-state index in [0.29, 0.717) is 19.5 Å². The van der Waals surface area contributed by atoms with E-state index in [4.69, 9.17) is 0 Å². The lowest BCUT2D eigenvalue weighted by Gasteiger charge is -2.35. The van der Waals surface area contributed by atoms with Gasteiger partial charge < -0.3 is 20.0 Å². The van der Waals surface area contributed by atoms with Gasteiger partial charge in [0.05, 0.1) is 23.8 Å². The summed E-state index contributed by atoms with van der Waals surface area (Å²) in [6.07, 6.45) is 2.22. The van der Waals surface area contributed by atoms with Crippen molar-refractivity contribution in [1.29, 1.82) is 0 Å². The van der Waals surface area contributed by atoms with Crippen LogP contribution in [-0.2, 0) is 11.3 Å². The van der Waals surface area contributed by atoms with Crippen LogP contribution in [0.15, 0.2) is 34.8 Å². The summed E-state index contributed by atoms with van der Waals surface area (Å²) in [5, 5.41) is 6.44. The van der Waals surface area contributed by atoms with Gasteiger partial charge >= 0.3 is 0 Å². The van der Waals surface area contributed by atoms with Gasteiger partial charge in [0.2, 0.25) is 5.91 Å². The fourth-order valence-electron chi connectivity index (χ4n) is 3.41. The number of anilines is 1. The number of nitrogens with zero attached hydrogens (tertiary/aromatic N) is 6. The lowest BCUT2D eigenvalue weighted by atomic mass is 10.2. The zero-order valence-corrected chi connectivity index (χ0v) is 18.9. The van der Waals surface area contributed by atoms with E-state index in [1.807, 2.05) is 48.9 Å². The van der Waals surface area contributed by atoms with Crippen LogP contribution in [0.2, 0.25) is 0 Å². The molecule has 3 rings (SSSR count). The third-order valence-electron chi connectivity index (χ3n) is 4.96. The maximum atomic E-state index is 12.6. The molecule has 8 nitrogen and oxygen atoms in total. The van der Waals surface area contributed by atoms with E-state index in [1.54, 1.807) is 17.5 Å². The van der Waals surface area contributed by atoms with Crippen molar-refractivity contribution in [3.05, 3.63) is 40.5 Å². The average Bonchev–Trinajstić information content (AvgIpc) is 3.18. The molecule has 1 aliphatic rings. The molecular formula is C21H31N7OS. The Morgan fingerprint density at radius 1 is 1.30 bits per heavy atom. The number of pyridine rings is 1. The van der Waals surface area contributed by atoms with Crippen LogP contribution in [-0.4, -0.2) is 78.0 Å². The van der Waals surface area contributed by atoms with Crippen molar-refractivity contribution in [2.45, 2.75) is 26.8 Å². The molecule has 0 aromatic carbocycles. The van der Waals surface area contributed by atoms with Crippen molar-refractivity contribution in [1.82, 2.24) is 25.1 Å². The van der Waals surface area contributed by atoms with Crippen LogP contribution in [0, 0.1) is 6.92 Å². The van der Waals surface area contributed by atoms with Gasteiger partial charge in [0.1, 0.15) is 5.82 Å². The Kier molecular flexibility index (Phi) is 8.01. The number of thiazole rings is 1. The number of carbonyl (C=O) groups is 1. The Labute approximate surface area is 182 Å². The van der Waals surface area contributed by atoms with E-state index in [1.165, 1.54) is 0 Å². The zero-order chi connectivity index (χ0) is 21.3. The summed E-state index contributed by atoms with van der Waals surface area (Å²) in [5.74, 6) is 1.94. The number of aryl methyl sites for hydroxylation is 1. The monoisotopic (exact) mass is 429 g/mol. The Bertz CT molecular complexity index is 831. The van der Waals surface area contributed by atoms with Crippen LogP contribution in [0.4, 0.5) is 5.82 Å². The number of hydrogen-bond donors (Lipinski definition) is 1. The van der Waals surface area contributed by atoms with Crippen LogP contribution < -0.4 is 10.2 Å². The van der Waals surface area contributed by atoms with Gasteiger partial charge in [-0.3, -0.25) is 9.79 Å². The molecule has 1 aliphatic heterocycles. The topological polar surface area (TPSA) is 77.0 Å². The van der Waals surface area contributed by atoms with Crippen LogP contribution in [0.25, 0.3) is 0 Å². The second-order valence-electron chi connectivity index (χ2n) is 7.26. The van der Waals surface area contributed by atoms with Gasteiger partial charge in [-0.2, -0.15) is 0 Å². The van der Waals surface area contributed by atoms with E-state index in [-0.39, 0.29) is 5.91 Å². The molecule has 2 aromatic rings. The molecule has 0 atom stereocenters. The number of rotatable bonds is 7. The third kappa shape index (κ3) is 6.16. The summed E-state index contributed by atoms with van der Waals surface area (Å²) in [6, 6.07) is 5.92. The third-order valence-corrected chi connectivity index (χ3v) is 5.78. The van der Waals surface area contributed by atoms with Gasteiger partial charge in [-0.25, -0.2) is 9.97 Å². The van der Waals surface area contributed by atoms with Gasteiger partial charge in [-0.15, -0.1) is 11.3 Å². The normalized spacial score (nSPS) is 14.7. The summed E-state index contributed by atoms with van der Waals surface area (Å²) in [5.41, 5.74) is 1.03. The fraction of sp³-hybridized carbons (Fsp3) is 0.524. The van der Waals surface area contributed by atoms with E-state index in [9.17, 15) is 4.79 Å². The van der Waals surface area contributed by atoms with Crippen molar-refractivity contribution in [2.24, 2.45) is 4.99 Å². The molecule has 1 fully saturated rings. The van der Waals surface area contributed by atoms with E-state index >= 15 is 0 Å². The molecule has 1 amide bonds. The minimum atomic E-state index is 0.160. The summed E-state index contributed by atoms with van der Waals surface area (Å²) in [7, 11) is 1.99. The first-order valence-corrected chi connectivity index (χ1v) is 11.3. The standard InChI is InChI=1S/C21H31N7OS/c1-4-22-21(26(3)15-18-16-30-17(2)25-18)24-10-8-20(29)28-13-11-27(12-14-28)19-7-5-6-9-23-19/h5-7,9,16H,4,8,10-15H2,1-3H3,(H,22,24). The lowest BCUT2D eigenvalue weighted by molar-refractivity contribution is -0.131. The van der Waals surface area contributed by atoms with Crippen molar-refractivity contribution < 1.29 is 4.79 Å². The second-order valence-corrected chi connectivity index (χ2v) is 8.32. The molecule has 0 bridgehead atoms. The first-order chi connectivity index (χ1) is 14.6. The molecule has 0 radical (unpaired) electrons. The van der Waals surface area contributed by atoms with Gasteiger partial charge in [0.25, 0.3) is 0 Å². The molecule has 30 heavy (non-hydrogen) atoms. The molecule has 1 saturated heterocycles. The number of amides is 1. The molecule has 3 heterocycles. The van der Waals surface area contributed by atoms with Crippen LogP contribution in [0.5, 0.6) is 0 Å². The van der Waals surface area contributed by atoms with Gasteiger partial charge in [-0.1, -0.05) is 6.07 Å². The smallest absolute Gasteiger partial charge is 0.224 e. The number of nitrogens with one attached hydrogen (secondary N) is 1. The van der Waals surface area contributed by atoms with Gasteiger partial charge in [0.15, 0.2) is 5.96 Å². The minimum Gasteiger partial charge on any atom is -0.357 e. The number of piperazine rings is 1. The van der Waals surface area contributed by atoms with Gasteiger partial charge in [0, 0.05) is 57.8 Å². The molecule has 1 N–H and O–H groups in total. The quantitative estimate of drug-likeness (QED) is 0.536. The maximum Gasteiger partial charge on any atom is 0.224 e. The molecule has 9 heteroatoms. The number of carbonyl (C=O) groups excluding carboxylic acids is 1. The summed E-state index contributed by atoms with van der Waals surface area (Å²) < 4.78 is 0. The van der Waals surface area contributed by atoms with Crippen molar-refractivity contribution >= 4 is 29.0 Å². The Balaban J connectivity index is 1.47. The molecule has 0 aliphatic carbocycles. The minimum absolute atomic E-state index is 0.160. The van der Waals surface area contributed by atoms with E-state index in [2.05, 4.69) is 30.6 Å². The summed E-state index contributed by atoms with van der Waals surface area (Å²) in [4.78, 5) is 32.4. The number of aliphatic imine (C=N–C) groups is 1. The van der Waals surface area contributed by atoms with E-state index in [0.717, 1.165) is 55.2 Å². The highest BCUT2D eigenvalue weighted by atomic mass is 32.1. The second kappa shape index (κ2) is 10.9. The summed E-state index contributed by atoms with van der Waals surface area (Å²) >= 11 is 1.65. The summed E-state index contributed by atoms with van der Waals surface area (Å²) in [6.45, 7) is 9.07. The molecule has 0 unspecified atom stereocenters.